The van der Waals surface area contributed by atoms with E-state index in [0.717, 1.165) is 36.8 Å². The van der Waals surface area contributed by atoms with E-state index in [9.17, 15) is 4.79 Å². The van der Waals surface area contributed by atoms with Crippen molar-refractivity contribution < 1.29 is 4.79 Å². The van der Waals surface area contributed by atoms with Gasteiger partial charge in [0.25, 0.3) is 5.91 Å². The molecule has 0 N–H and O–H groups in total. The Balaban J connectivity index is 0.898. The lowest BCUT2D eigenvalue weighted by Crippen LogP contribution is -2.72. The van der Waals surface area contributed by atoms with E-state index in [4.69, 9.17) is 0 Å². The van der Waals surface area contributed by atoms with Crippen LogP contribution in [0.3, 0.4) is 0 Å². The maximum Gasteiger partial charge on any atom is 0.254 e. The number of carbonyl (C=O) groups is 1. The molecule has 0 unspecified atom stereocenters. The molecule has 6 heterocycles. The highest BCUT2D eigenvalue weighted by atomic mass is 16.2. The molecule has 7 nitrogen and oxygen atoms in total. The SMILES string of the molecule is Cc1cc2nccn2cc1N1CC2(CN(CC3CCN(c4ccc5c(c4)CN(C)C5=O)CC3)C2)C1. The Kier molecular flexibility index (Phi) is 4.68. The molecule has 1 aromatic carbocycles. The fraction of sp³-hybridized carbons (Fsp3) is 0.500. The Morgan fingerprint density at radius 1 is 1.06 bits per heavy atom. The Labute approximate surface area is 206 Å². The van der Waals surface area contributed by atoms with Crippen molar-refractivity contribution in [2.75, 3.05) is 62.7 Å². The minimum Gasteiger partial charge on any atom is -0.372 e. The number of nitrogens with zero attached hydrogens (tertiary/aromatic N) is 6. The third kappa shape index (κ3) is 3.51. The van der Waals surface area contributed by atoms with Crippen LogP contribution in [-0.2, 0) is 6.54 Å². The summed E-state index contributed by atoms with van der Waals surface area (Å²) in [5, 5.41) is 0. The largest absolute Gasteiger partial charge is 0.372 e. The molecule has 0 atom stereocenters. The molecule has 4 aliphatic rings. The van der Waals surface area contributed by atoms with Crippen molar-refractivity contribution in [3.05, 3.63) is 59.5 Å². The zero-order valence-corrected chi connectivity index (χ0v) is 20.8. The van der Waals surface area contributed by atoms with Crippen LogP contribution >= 0.6 is 0 Å². The predicted molar refractivity (Wildman–Crippen MR) is 138 cm³/mol. The van der Waals surface area contributed by atoms with Crippen LogP contribution in [0.4, 0.5) is 11.4 Å². The average molecular weight is 471 g/mol. The number of anilines is 2. The van der Waals surface area contributed by atoms with Gasteiger partial charge in [0.15, 0.2) is 0 Å². The zero-order valence-electron chi connectivity index (χ0n) is 20.8. The molecular formula is C28H34N6O. The molecule has 1 amide bonds. The van der Waals surface area contributed by atoms with Crippen molar-refractivity contribution in [3.8, 4) is 0 Å². The summed E-state index contributed by atoms with van der Waals surface area (Å²) in [6, 6.07) is 8.61. The summed E-state index contributed by atoms with van der Waals surface area (Å²) in [5.74, 6) is 0.953. The van der Waals surface area contributed by atoms with Gasteiger partial charge in [0.05, 0.1) is 5.69 Å². The van der Waals surface area contributed by atoms with Gasteiger partial charge >= 0.3 is 0 Å². The maximum atomic E-state index is 12.2. The molecule has 2 aromatic heterocycles. The maximum absolute atomic E-state index is 12.2. The topological polar surface area (TPSA) is 47.3 Å². The summed E-state index contributed by atoms with van der Waals surface area (Å²) >= 11 is 0. The van der Waals surface area contributed by atoms with Gasteiger partial charge in [0, 0.05) is 94.7 Å². The number of benzene rings is 1. The number of hydrogen-bond acceptors (Lipinski definition) is 5. The second-order valence-corrected chi connectivity index (χ2v) is 11.5. The van der Waals surface area contributed by atoms with E-state index in [1.807, 2.05) is 25.5 Å². The molecule has 3 saturated heterocycles. The monoisotopic (exact) mass is 470 g/mol. The summed E-state index contributed by atoms with van der Waals surface area (Å²) < 4.78 is 2.13. The van der Waals surface area contributed by atoms with Crippen molar-refractivity contribution in [3.63, 3.8) is 0 Å². The van der Waals surface area contributed by atoms with E-state index in [1.165, 1.54) is 68.1 Å². The molecule has 0 saturated carbocycles. The van der Waals surface area contributed by atoms with Gasteiger partial charge in [-0.1, -0.05) is 0 Å². The quantitative estimate of drug-likeness (QED) is 0.586. The zero-order chi connectivity index (χ0) is 23.7. The van der Waals surface area contributed by atoms with Crippen LogP contribution in [0.1, 0.15) is 34.3 Å². The number of imidazole rings is 1. The van der Waals surface area contributed by atoms with E-state index in [0.29, 0.717) is 5.41 Å². The lowest BCUT2D eigenvalue weighted by Gasteiger charge is -2.61. The van der Waals surface area contributed by atoms with Crippen LogP contribution < -0.4 is 9.80 Å². The Hall–Kier alpha value is -3.06. The van der Waals surface area contributed by atoms with Crippen LogP contribution in [-0.4, -0.2) is 78.0 Å². The third-order valence-electron chi connectivity index (χ3n) is 8.79. The second-order valence-electron chi connectivity index (χ2n) is 11.5. The van der Waals surface area contributed by atoms with Gasteiger partial charge < -0.3 is 24.0 Å². The second kappa shape index (κ2) is 7.72. The number of rotatable bonds is 4. The summed E-state index contributed by atoms with van der Waals surface area (Å²) in [6.07, 6.45) is 8.67. The Bertz CT molecular complexity index is 1290. The standard InChI is InChI=1S/C28H34N6O/c1-20-11-26-29-7-10-33(26)15-25(20)34-18-28(19-34)16-31(17-28)13-21-5-8-32(9-6-21)23-3-4-24-22(12-23)14-30(2)27(24)35/h3-4,7,10-12,15,21H,5-6,8-9,13-14,16-19H2,1-2H3. The first kappa shape index (κ1) is 21.2. The van der Waals surface area contributed by atoms with Crippen molar-refractivity contribution in [2.45, 2.75) is 26.3 Å². The van der Waals surface area contributed by atoms with E-state index in [2.05, 4.69) is 55.4 Å². The molecule has 0 radical (unpaired) electrons. The molecule has 0 aliphatic carbocycles. The molecular weight excluding hydrogens is 436 g/mol. The number of hydrogen-bond donors (Lipinski definition) is 0. The van der Waals surface area contributed by atoms with Gasteiger partial charge in [0.2, 0.25) is 0 Å². The van der Waals surface area contributed by atoms with Crippen LogP contribution in [0, 0.1) is 18.3 Å². The fourth-order valence-electron chi connectivity index (χ4n) is 6.93. The van der Waals surface area contributed by atoms with Gasteiger partial charge in [0.1, 0.15) is 5.65 Å². The van der Waals surface area contributed by atoms with Gasteiger partial charge in [-0.05, 0) is 61.1 Å². The van der Waals surface area contributed by atoms with Crippen molar-refractivity contribution >= 4 is 22.9 Å². The first-order valence-electron chi connectivity index (χ1n) is 13.0. The lowest BCUT2D eigenvalue weighted by atomic mass is 9.72. The van der Waals surface area contributed by atoms with Gasteiger partial charge in [-0.2, -0.15) is 0 Å². The van der Waals surface area contributed by atoms with E-state index in [1.54, 1.807) is 4.90 Å². The predicted octanol–water partition coefficient (Wildman–Crippen LogP) is 3.27. The van der Waals surface area contributed by atoms with E-state index in [-0.39, 0.29) is 5.91 Å². The van der Waals surface area contributed by atoms with Gasteiger partial charge in [-0.15, -0.1) is 0 Å². The van der Waals surface area contributed by atoms with Crippen molar-refractivity contribution in [1.29, 1.82) is 0 Å². The first-order chi connectivity index (χ1) is 17.0. The fourth-order valence-corrected chi connectivity index (χ4v) is 6.93. The summed E-state index contributed by atoms with van der Waals surface area (Å²) in [7, 11) is 1.88. The van der Waals surface area contributed by atoms with Crippen LogP contribution in [0.5, 0.6) is 0 Å². The molecule has 7 heteroatoms. The normalized spacial score (nSPS) is 22.1. The molecule has 3 aromatic rings. The summed E-state index contributed by atoms with van der Waals surface area (Å²) in [6.45, 7) is 11.3. The van der Waals surface area contributed by atoms with Gasteiger partial charge in [-0.3, -0.25) is 4.79 Å². The molecule has 35 heavy (non-hydrogen) atoms. The number of carbonyl (C=O) groups excluding carboxylic acids is 1. The average Bonchev–Trinajstić information content (AvgIpc) is 3.37. The summed E-state index contributed by atoms with van der Waals surface area (Å²) in [5.41, 5.74) is 7.56. The van der Waals surface area contributed by atoms with Crippen LogP contribution in [0.2, 0.25) is 0 Å². The molecule has 4 aliphatic heterocycles. The van der Waals surface area contributed by atoms with Crippen LogP contribution in [0.15, 0.2) is 42.9 Å². The van der Waals surface area contributed by atoms with E-state index >= 15 is 0 Å². The molecule has 182 valence electrons. The minimum atomic E-state index is 0.154. The van der Waals surface area contributed by atoms with Crippen LogP contribution in [0.25, 0.3) is 5.65 Å². The first-order valence-corrected chi connectivity index (χ1v) is 13.0. The molecule has 7 rings (SSSR count). The number of amides is 1. The highest BCUT2D eigenvalue weighted by molar-refractivity contribution is 5.98. The number of likely N-dealkylation sites (tertiary alicyclic amines) is 1. The minimum absolute atomic E-state index is 0.154. The molecule has 0 bridgehead atoms. The number of aromatic nitrogens is 2. The van der Waals surface area contributed by atoms with Gasteiger partial charge in [-0.25, -0.2) is 4.98 Å². The lowest BCUT2D eigenvalue weighted by molar-refractivity contribution is -0.0324. The highest BCUT2D eigenvalue weighted by Crippen LogP contribution is 2.43. The molecule has 3 fully saturated rings. The summed E-state index contributed by atoms with van der Waals surface area (Å²) in [4.78, 5) is 26.2. The molecule has 1 spiro atoms. The van der Waals surface area contributed by atoms with Crippen molar-refractivity contribution in [2.24, 2.45) is 11.3 Å². The smallest absolute Gasteiger partial charge is 0.254 e. The Morgan fingerprint density at radius 3 is 2.66 bits per heavy atom. The number of aryl methyl sites for hydroxylation is 1. The number of fused-ring (bicyclic) bond motifs is 2. The Morgan fingerprint density at radius 2 is 1.86 bits per heavy atom. The number of piperidine rings is 1. The highest BCUT2D eigenvalue weighted by Gasteiger charge is 2.52. The van der Waals surface area contributed by atoms with E-state index < -0.39 is 0 Å². The number of pyridine rings is 1. The third-order valence-corrected chi connectivity index (χ3v) is 8.79. The van der Waals surface area contributed by atoms with Crippen molar-refractivity contribution in [1.82, 2.24) is 19.2 Å².